The number of aromatic nitrogens is 2. The van der Waals surface area contributed by atoms with Crippen molar-refractivity contribution in [2.45, 2.75) is 0 Å². The van der Waals surface area contributed by atoms with Crippen LogP contribution in [0.3, 0.4) is 0 Å². The van der Waals surface area contributed by atoms with Gasteiger partial charge in [-0.25, -0.2) is 4.99 Å². The predicted octanol–water partition coefficient (Wildman–Crippen LogP) is 4.89. The van der Waals surface area contributed by atoms with Gasteiger partial charge in [-0.3, -0.25) is 0 Å². The van der Waals surface area contributed by atoms with E-state index in [0.717, 1.165) is 4.47 Å². The van der Waals surface area contributed by atoms with Crippen LogP contribution in [-0.4, -0.2) is 26.6 Å². The molecule has 0 fully saturated rings. The van der Waals surface area contributed by atoms with Gasteiger partial charge in [0.15, 0.2) is 5.01 Å². The number of hydrogen-bond donors (Lipinski definition) is 2. The van der Waals surface area contributed by atoms with Crippen molar-refractivity contribution in [3.05, 3.63) is 50.9 Å². The van der Waals surface area contributed by atoms with Crippen LogP contribution in [-0.2, 0) is 0 Å². The Kier molecular flexibility index (Phi) is 4.74. The van der Waals surface area contributed by atoms with Gasteiger partial charge in [-0.05, 0) is 40.2 Å². The zero-order valence-corrected chi connectivity index (χ0v) is 15.4. The van der Waals surface area contributed by atoms with Crippen molar-refractivity contribution in [1.82, 2.24) is 10.2 Å². The van der Waals surface area contributed by atoms with Crippen molar-refractivity contribution in [3.8, 4) is 22.1 Å². The summed E-state index contributed by atoms with van der Waals surface area (Å²) in [7, 11) is 0. The first-order valence-electron chi connectivity index (χ1n) is 6.38. The van der Waals surface area contributed by atoms with Crippen LogP contribution in [0, 0.1) is 0 Å². The molecule has 0 aliphatic rings. The number of aliphatic imine (C=N–C) groups is 1. The summed E-state index contributed by atoms with van der Waals surface area (Å²) in [6.45, 7) is 0. The van der Waals surface area contributed by atoms with E-state index in [1.165, 1.54) is 17.6 Å². The largest absolute Gasteiger partial charge is 0.507 e. The van der Waals surface area contributed by atoms with Gasteiger partial charge in [-0.1, -0.05) is 39.4 Å². The van der Waals surface area contributed by atoms with Gasteiger partial charge in [0.25, 0.3) is 0 Å². The molecule has 5 nitrogen and oxygen atoms in total. The third kappa shape index (κ3) is 3.60. The van der Waals surface area contributed by atoms with Gasteiger partial charge in [0.05, 0.1) is 10.0 Å². The van der Waals surface area contributed by atoms with Gasteiger partial charge in [0.2, 0.25) is 5.13 Å². The molecular weight excluding hydrogens is 446 g/mol. The summed E-state index contributed by atoms with van der Waals surface area (Å²) in [6.07, 6.45) is 1.51. The molecule has 0 spiro atoms. The molecule has 0 unspecified atom stereocenters. The predicted molar refractivity (Wildman–Crippen MR) is 97.8 cm³/mol. The Morgan fingerprint density at radius 1 is 1.09 bits per heavy atom. The van der Waals surface area contributed by atoms with E-state index in [0.29, 0.717) is 25.7 Å². The molecule has 0 atom stereocenters. The first kappa shape index (κ1) is 16.1. The Balaban J connectivity index is 1.89. The molecule has 116 valence electrons. The fraction of sp³-hybridized carbons (Fsp3) is 0. The van der Waals surface area contributed by atoms with Gasteiger partial charge in [0, 0.05) is 16.3 Å². The maximum atomic E-state index is 9.99. The van der Waals surface area contributed by atoms with E-state index < -0.39 is 0 Å². The van der Waals surface area contributed by atoms with E-state index in [4.69, 9.17) is 0 Å². The number of aromatic hydroxyl groups is 2. The lowest BCUT2D eigenvalue weighted by Gasteiger charge is -2.02. The molecule has 0 saturated heterocycles. The molecule has 0 radical (unpaired) electrons. The highest BCUT2D eigenvalue weighted by Gasteiger charge is 2.10. The number of halogens is 2. The molecule has 0 aliphatic carbocycles. The standard InChI is InChI=1S/C15H9Br2N3O2S/c16-9-5-8(13(22)11(17)6-9)7-18-15-20-19-14(23-15)10-3-1-2-4-12(10)21/h1-7,21-22H/b18-7+. The number of hydrogen-bond acceptors (Lipinski definition) is 6. The molecule has 23 heavy (non-hydrogen) atoms. The van der Waals surface area contributed by atoms with Gasteiger partial charge >= 0.3 is 0 Å². The van der Waals surface area contributed by atoms with E-state index >= 15 is 0 Å². The van der Waals surface area contributed by atoms with Crippen molar-refractivity contribution in [2.24, 2.45) is 4.99 Å². The summed E-state index contributed by atoms with van der Waals surface area (Å²) in [5.74, 6) is 0.245. The first-order chi connectivity index (χ1) is 11.0. The van der Waals surface area contributed by atoms with E-state index in [1.54, 1.807) is 30.3 Å². The van der Waals surface area contributed by atoms with Gasteiger partial charge in [-0.15, -0.1) is 10.2 Å². The van der Waals surface area contributed by atoms with Gasteiger partial charge in [-0.2, -0.15) is 0 Å². The van der Waals surface area contributed by atoms with Crippen LogP contribution in [0.5, 0.6) is 11.5 Å². The number of phenolic OH excluding ortho intramolecular Hbond substituents is 2. The summed E-state index contributed by atoms with van der Waals surface area (Å²) in [5, 5.41) is 28.8. The van der Waals surface area contributed by atoms with Gasteiger partial charge in [0.1, 0.15) is 11.5 Å². The second kappa shape index (κ2) is 6.77. The fourth-order valence-corrected chi connectivity index (χ4v) is 3.82. The highest BCUT2D eigenvalue weighted by molar-refractivity contribution is 9.11. The van der Waals surface area contributed by atoms with Crippen molar-refractivity contribution in [2.75, 3.05) is 0 Å². The van der Waals surface area contributed by atoms with Crippen molar-refractivity contribution in [3.63, 3.8) is 0 Å². The van der Waals surface area contributed by atoms with Crippen molar-refractivity contribution >= 4 is 54.5 Å². The Hall–Kier alpha value is -1.77. The minimum absolute atomic E-state index is 0.0994. The molecule has 2 N–H and O–H groups in total. The lowest BCUT2D eigenvalue weighted by molar-refractivity contribution is 0.471. The molecule has 0 bridgehead atoms. The average molecular weight is 455 g/mol. The molecule has 0 saturated carbocycles. The summed E-state index contributed by atoms with van der Waals surface area (Å²) >= 11 is 7.88. The molecule has 0 amide bonds. The second-order valence-electron chi connectivity index (χ2n) is 4.49. The number of para-hydroxylation sites is 1. The number of nitrogens with zero attached hydrogens (tertiary/aromatic N) is 3. The third-order valence-corrected chi connectivity index (χ3v) is 4.85. The summed E-state index contributed by atoms with van der Waals surface area (Å²) < 4.78 is 1.39. The van der Waals surface area contributed by atoms with Crippen molar-refractivity contribution < 1.29 is 10.2 Å². The Bertz CT molecular complexity index is 896. The SMILES string of the molecule is Oc1ccccc1-c1nnc(/N=C/c2cc(Br)cc(Br)c2O)s1. The smallest absolute Gasteiger partial charge is 0.231 e. The molecule has 1 aromatic heterocycles. The average Bonchev–Trinajstić information content (AvgIpc) is 2.98. The van der Waals surface area contributed by atoms with Crippen LogP contribution < -0.4 is 0 Å². The van der Waals surface area contributed by atoms with E-state index in [-0.39, 0.29) is 11.5 Å². The maximum Gasteiger partial charge on any atom is 0.231 e. The zero-order chi connectivity index (χ0) is 16.4. The quantitative estimate of drug-likeness (QED) is 0.552. The maximum absolute atomic E-state index is 9.99. The molecule has 3 aromatic rings. The first-order valence-corrected chi connectivity index (χ1v) is 8.79. The lowest BCUT2D eigenvalue weighted by atomic mass is 10.2. The van der Waals surface area contributed by atoms with Crippen LogP contribution in [0.1, 0.15) is 5.56 Å². The molecule has 2 aromatic carbocycles. The molecule has 3 rings (SSSR count). The van der Waals surface area contributed by atoms with Crippen LogP contribution in [0.15, 0.2) is 50.3 Å². The highest BCUT2D eigenvalue weighted by Crippen LogP contribution is 2.34. The number of rotatable bonds is 3. The van der Waals surface area contributed by atoms with Crippen LogP contribution in [0.4, 0.5) is 5.13 Å². The third-order valence-electron chi connectivity index (χ3n) is 2.92. The lowest BCUT2D eigenvalue weighted by Crippen LogP contribution is -1.84. The molecule has 8 heteroatoms. The zero-order valence-electron chi connectivity index (χ0n) is 11.4. The number of benzene rings is 2. The van der Waals surface area contributed by atoms with Crippen LogP contribution >= 0.6 is 43.2 Å². The Morgan fingerprint density at radius 2 is 1.87 bits per heavy atom. The molecule has 1 heterocycles. The van der Waals surface area contributed by atoms with Crippen LogP contribution in [0.2, 0.25) is 0 Å². The Morgan fingerprint density at radius 3 is 2.65 bits per heavy atom. The second-order valence-corrected chi connectivity index (χ2v) is 7.22. The monoisotopic (exact) mass is 453 g/mol. The summed E-state index contributed by atoms with van der Waals surface area (Å²) in [4.78, 5) is 4.23. The van der Waals surface area contributed by atoms with Gasteiger partial charge < -0.3 is 10.2 Å². The highest BCUT2D eigenvalue weighted by atomic mass is 79.9. The van der Waals surface area contributed by atoms with Crippen molar-refractivity contribution in [1.29, 1.82) is 0 Å². The summed E-state index contributed by atoms with van der Waals surface area (Å²) in [5.41, 5.74) is 1.16. The minimum atomic E-state index is 0.0994. The minimum Gasteiger partial charge on any atom is -0.507 e. The van der Waals surface area contributed by atoms with E-state index in [1.807, 2.05) is 6.07 Å². The van der Waals surface area contributed by atoms with E-state index in [2.05, 4.69) is 47.0 Å². The van der Waals surface area contributed by atoms with Crippen LogP contribution in [0.25, 0.3) is 10.6 Å². The molecular formula is C15H9Br2N3O2S. The molecule has 0 aliphatic heterocycles. The Labute approximate surface area is 152 Å². The summed E-state index contributed by atoms with van der Waals surface area (Å²) in [6, 6.07) is 10.4. The van der Waals surface area contributed by atoms with E-state index in [9.17, 15) is 10.2 Å². The normalized spacial score (nSPS) is 11.2. The topological polar surface area (TPSA) is 78.6 Å². The number of phenols is 2. The fourth-order valence-electron chi connectivity index (χ4n) is 1.84.